The molecule has 1 aliphatic rings. The number of fused-ring (bicyclic) bond motifs is 1. The average Bonchev–Trinajstić information content (AvgIpc) is 2.76. The molecule has 0 unspecified atom stereocenters. The molecule has 2 rings (SSSR count). The second-order valence-corrected chi connectivity index (χ2v) is 6.47. The van der Waals surface area contributed by atoms with Crippen LogP contribution in [0.15, 0.2) is 6.58 Å². The molecule has 0 aromatic carbocycles. The zero-order valence-corrected chi connectivity index (χ0v) is 13.8. The Kier molecular flexibility index (Phi) is 4.23. The van der Waals surface area contributed by atoms with E-state index in [0.29, 0.717) is 12.1 Å². The fourth-order valence-corrected chi connectivity index (χ4v) is 2.78. The normalized spacial score (nSPS) is 15.8. The molecule has 0 saturated carbocycles. The second kappa shape index (κ2) is 5.60. The molecule has 0 N–H and O–H groups in total. The van der Waals surface area contributed by atoms with Gasteiger partial charge in [0.05, 0.1) is 5.70 Å². The van der Waals surface area contributed by atoms with Crippen LogP contribution in [0.2, 0.25) is 0 Å². The van der Waals surface area contributed by atoms with E-state index in [2.05, 4.69) is 48.8 Å². The molecule has 0 spiro atoms. The second-order valence-electron chi connectivity index (χ2n) is 6.47. The fourth-order valence-electron chi connectivity index (χ4n) is 2.78. The first-order valence-electron chi connectivity index (χ1n) is 7.53. The highest BCUT2D eigenvalue weighted by molar-refractivity contribution is 5.62. The van der Waals surface area contributed by atoms with Crippen molar-refractivity contribution in [3.05, 3.63) is 23.5 Å². The Bertz CT molecular complexity index is 497. The van der Waals surface area contributed by atoms with Crippen LogP contribution >= 0.6 is 0 Å². The first kappa shape index (κ1) is 15.1. The van der Waals surface area contributed by atoms with Gasteiger partial charge in [0.1, 0.15) is 5.69 Å². The molecule has 0 fully saturated rings. The number of hydrogen-bond acceptors (Lipinski definition) is 3. The quantitative estimate of drug-likeness (QED) is 0.845. The molecule has 1 aromatic heterocycles. The van der Waals surface area contributed by atoms with E-state index in [0.717, 1.165) is 30.9 Å². The van der Waals surface area contributed by atoms with Crippen LogP contribution in [0, 0.1) is 0 Å². The molecule has 2 heterocycles. The minimum absolute atomic E-state index is 0.401. The highest BCUT2D eigenvalue weighted by Gasteiger charge is 2.28. The lowest BCUT2D eigenvalue weighted by atomic mass is 10.0. The van der Waals surface area contributed by atoms with Crippen LogP contribution in [-0.4, -0.2) is 46.3 Å². The average molecular weight is 276 g/mol. The van der Waals surface area contributed by atoms with Crippen LogP contribution in [0.5, 0.6) is 0 Å². The van der Waals surface area contributed by atoms with Crippen molar-refractivity contribution in [3.63, 3.8) is 0 Å². The number of aromatic nitrogens is 2. The van der Waals surface area contributed by atoms with Crippen molar-refractivity contribution in [2.45, 2.75) is 52.7 Å². The summed E-state index contributed by atoms with van der Waals surface area (Å²) in [5.41, 5.74) is 4.85. The molecule has 1 aliphatic heterocycles. The van der Waals surface area contributed by atoms with Gasteiger partial charge in [0.15, 0.2) is 0 Å². The Morgan fingerprint density at radius 1 is 1.20 bits per heavy atom. The summed E-state index contributed by atoms with van der Waals surface area (Å²) in [7, 11) is 4.07. The van der Waals surface area contributed by atoms with E-state index >= 15 is 0 Å². The van der Waals surface area contributed by atoms with E-state index in [1.165, 1.54) is 11.3 Å². The van der Waals surface area contributed by atoms with Crippen LogP contribution in [0.4, 0.5) is 0 Å². The smallest absolute Gasteiger partial charge is 0.113 e. The Hall–Kier alpha value is -1.29. The minimum atomic E-state index is 0.401. The van der Waals surface area contributed by atoms with E-state index in [4.69, 9.17) is 5.10 Å². The standard InChI is InChI=1S/C16H28N4/c1-11(2)19-9-8-15-14(10-19)16(13(5)18(6)7)17-20(15)12(3)4/h11-12H,5,8-10H2,1-4,6-7H3. The molecule has 0 aliphatic carbocycles. The van der Waals surface area contributed by atoms with Crippen LogP contribution in [0.25, 0.3) is 5.70 Å². The topological polar surface area (TPSA) is 24.3 Å². The summed E-state index contributed by atoms with van der Waals surface area (Å²) >= 11 is 0. The van der Waals surface area contributed by atoms with Crippen LogP contribution in [0.1, 0.15) is 50.7 Å². The van der Waals surface area contributed by atoms with Crippen LogP contribution in [0.3, 0.4) is 0 Å². The third-order valence-electron chi connectivity index (χ3n) is 4.15. The molecule has 0 amide bonds. The summed E-state index contributed by atoms with van der Waals surface area (Å²) in [6.07, 6.45) is 1.08. The minimum Gasteiger partial charge on any atom is -0.376 e. The van der Waals surface area contributed by atoms with Gasteiger partial charge in [-0.15, -0.1) is 0 Å². The largest absolute Gasteiger partial charge is 0.376 e. The first-order valence-corrected chi connectivity index (χ1v) is 7.53. The highest BCUT2D eigenvalue weighted by Crippen LogP contribution is 2.29. The van der Waals surface area contributed by atoms with Gasteiger partial charge < -0.3 is 4.90 Å². The first-order chi connectivity index (χ1) is 9.32. The SMILES string of the molecule is C=C(c1nn(C(C)C)c2c1CN(C(C)C)CC2)N(C)C. The van der Waals surface area contributed by atoms with Gasteiger partial charge in [0.25, 0.3) is 0 Å². The molecule has 0 radical (unpaired) electrons. The van der Waals surface area contributed by atoms with Gasteiger partial charge in [-0.3, -0.25) is 9.58 Å². The van der Waals surface area contributed by atoms with Gasteiger partial charge in [0, 0.05) is 56.9 Å². The lowest BCUT2D eigenvalue weighted by Crippen LogP contribution is -2.36. The highest BCUT2D eigenvalue weighted by atomic mass is 15.3. The fraction of sp³-hybridized carbons (Fsp3) is 0.688. The number of hydrogen-bond donors (Lipinski definition) is 0. The van der Waals surface area contributed by atoms with Gasteiger partial charge in [-0.2, -0.15) is 5.10 Å². The van der Waals surface area contributed by atoms with Crippen molar-refractivity contribution in [2.75, 3.05) is 20.6 Å². The van der Waals surface area contributed by atoms with Crippen molar-refractivity contribution < 1.29 is 0 Å². The maximum atomic E-state index is 4.86. The van der Waals surface area contributed by atoms with Gasteiger partial charge in [-0.05, 0) is 27.7 Å². The third kappa shape index (κ3) is 2.62. The van der Waals surface area contributed by atoms with Crippen LogP contribution < -0.4 is 0 Å². The Balaban J connectivity index is 2.46. The molecule has 112 valence electrons. The van der Waals surface area contributed by atoms with Gasteiger partial charge in [0.2, 0.25) is 0 Å². The van der Waals surface area contributed by atoms with E-state index < -0.39 is 0 Å². The van der Waals surface area contributed by atoms with Crippen molar-refractivity contribution in [2.24, 2.45) is 0 Å². The Labute approximate surface area is 123 Å². The molecule has 0 saturated heterocycles. The molecule has 0 bridgehead atoms. The molecule has 4 heteroatoms. The summed E-state index contributed by atoms with van der Waals surface area (Å²) in [4.78, 5) is 4.57. The van der Waals surface area contributed by atoms with Crippen molar-refractivity contribution in [3.8, 4) is 0 Å². The lowest BCUT2D eigenvalue weighted by Gasteiger charge is -2.31. The molecular formula is C16H28N4. The summed E-state index contributed by atoms with van der Waals surface area (Å²) in [6, 6.07) is 0.976. The summed E-state index contributed by atoms with van der Waals surface area (Å²) < 4.78 is 2.19. The summed E-state index contributed by atoms with van der Waals surface area (Å²) in [5.74, 6) is 0. The maximum absolute atomic E-state index is 4.86. The Morgan fingerprint density at radius 2 is 1.85 bits per heavy atom. The van der Waals surface area contributed by atoms with E-state index in [1.807, 2.05) is 14.1 Å². The zero-order valence-electron chi connectivity index (χ0n) is 13.8. The predicted octanol–water partition coefficient (Wildman–Crippen LogP) is 2.76. The van der Waals surface area contributed by atoms with Gasteiger partial charge in [-0.25, -0.2) is 0 Å². The molecule has 0 atom stereocenters. The van der Waals surface area contributed by atoms with Gasteiger partial charge in [-0.1, -0.05) is 6.58 Å². The Morgan fingerprint density at radius 3 is 2.35 bits per heavy atom. The number of nitrogens with zero attached hydrogens (tertiary/aromatic N) is 4. The van der Waals surface area contributed by atoms with Gasteiger partial charge >= 0.3 is 0 Å². The van der Waals surface area contributed by atoms with Crippen LogP contribution in [-0.2, 0) is 13.0 Å². The zero-order chi connectivity index (χ0) is 15.0. The third-order valence-corrected chi connectivity index (χ3v) is 4.15. The maximum Gasteiger partial charge on any atom is 0.113 e. The number of rotatable bonds is 4. The van der Waals surface area contributed by atoms with E-state index in [1.54, 1.807) is 0 Å². The lowest BCUT2D eigenvalue weighted by molar-refractivity contribution is 0.200. The molecular weight excluding hydrogens is 248 g/mol. The summed E-state index contributed by atoms with van der Waals surface area (Å²) in [6.45, 7) is 15.2. The molecule has 1 aromatic rings. The van der Waals surface area contributed by atoms with Crippen molar-refractivity contribution >= 4 is 5.70 Å². The van der Waals surface area contributed by atoms with E-state index in [-0.39, 0.29) is 0 Å². The monoisotopic (exact) mass is 276 g/mol. The van der Waals surface area contributed by atoms with E-state index in [9.17, 15) is 0 Å². The predicted molar refractivity (Wildman–Crippen MR) is 84.6 cm³/mol. The molecule has 4 nitrogen and oxygen atoms in total. The summed E-state index contributed by atoms with van der Waals surface area (Å²) in [5, 5.41) is 4.86. The van der Waals surface area contributed by atoms with Crippen molar-refractivity contribution in [1.82, 2.24) is 19.6 Å². The molecule has 20 heavy (non-hydrogen) atoms. The van der Waals surface area contributed by atoms with Crippen molar-refractivity contribution in [1.29, 1.82) is 0 Å².